The highest BCUT2D eigenvalue weighted by atomic mass is 35.5. The number of primary amides is 1. The van der Waals surface area contributed by atoms with Crippen molar-refractivity contribution in [3.63, 3.8) is 0 Å². The van der Waals surface area contributed by atoms with Crippen LogP contribution >= 0.6 is 46.4 Å². The molecule has 4 rings (SSSR count). The molecule has 2 atom stereocenters. The first kappa shape index (κ1) is 34.3. The Morgan fingerprint density at radius 1 is 1.02 bits per heavy atom. The van der Waals surface area contributed by atoms with Gasteiger partial charge in [-0.15, -0.1) is 0 Å². The highest BCUT2D eigenvalue weighted by Crippen LogP contribution is 2.31. The van der Waals surface area contributed by atoms with Gasteiger partial charge in [0.15, 0.2) is 0 Å². The van der Waals surface area contributed by atoms with Crippen molar-refractivity contribution in [3.8, 4) is 0 Å². The monoisotopic (exact) mass is 683 g/mol. The lowest BCUT2D eigenvalue weighted by atomic mass is 9.89. The number of hydrogen-bond acceptors (Lipinski definition) is 6. The summed E-state index contributed by atoms with van der Waals surface area (Å²) in [6.07, 6.45) is 3.93. The number of likely N-dealkylation sites (tertiary alicyclic amines) is 2. The molecule has 3 amide bonds. The first-order valence-electron chi connectivity index (χ1n) is 14.6. The fraction of sp³-hybridized carbons (Fsp3) is 0.484. The van der Waals surface area contributed by atoms with Crippen LogP contribution in [-0.2, 0) is 9.59 Å². The van der Waals surface area contributed by atoms with Crippen LogP contribution in [0.4, 0.5) is 0 Å². The molecule has 0 bridgehead atoms. The lowest BCUT2D eigenvalue weighted by molar-refractivity contribution is -0.144. The highest BCUT2D eigenvalue weighted by Gasteiger charge is 2.35. The summed E-state index contributed by atoms with van der Waals surface area (Å²) in [7, 11) is 1.62. The normalized spacial score (nSPS) is 19.2. The van der Waals surface area contributed by atoms with Crippen LogP contribution < -0.4 is 5.73 Å². The maximum atomic E-state index is 13.2. The summed E-state index contributed by atoms with van der Waals surface area (Å²) in [4.78, 5) is 43.4. The number of carbonyl (C=O) groups excluding carboxylic acids is 3. The van der Waals surface area contributed by atoms with E-state index < -0.39 is 5.91 Å². The quantitative estimate of drug-likeness (QED) is 0.172. The topological polar surface area (TPSA) is 120 Å². The smallest absolute Gasteiger partial charge is 0.254 e. The van der Waals surface area contributed by atoms with E-state index in [9.17, 15) is 19.6 Å². The lowest BCUT2D eigenvalue weighted by Gasteiger charge is -2.42. The summed E-state index contributed by atoms with van der Waals surface area (Å²) < 4.78 is 0. The first-order chi connectivity index (χ1) is 21.0. The number of benzene rings is 2. The summed E-state index contributed by atoms with van der Waals surface area (Å²) in [6, 6.07) is 10.1. The molecule has 2 saturated heterocycles. The van der Waals surface area contributed by atoms with Crippen LogP contribution in [0.5, 0.6) is 0 Å². The molecule has 3 N–H and O–H groups in total. The van der Waals surface area contributed by atoms with Crippen molar-refractivity contribution >= 4 is 69.8 Å². The van der Waals surface area contributed by atoms with E-state index in [-0.39, 0.29) is 42.7 Å². The molecule has 13 heteroatoms. The van der Waals surface area contributed by atoms with E-state index >= 15 is 0 Å². The van der Waals surface area contributed by atoms with Gasteiger partial charge in [0.25, 0.3) is 5.91 Å². The van der Waals surface area contributed by atoms with E-state index in [0.717, 1.165) is 37.9 Å². The number of piperidine rings is 2. The minimum Gasteiger partial charge on any atom is -0.411 e. The standard InChI is InChI=1S/C31H37Cl4N5O4/c1-38(30(42)21-13-22(32)17-23(33)14-21)18-28(37-44)25(19-4-5-26(34)27(35)15-19)8-12-39-10-6-24(7-11-39)40-9-2-3-20(31(40)43)16-29(36)41/h4-5,13-15,17,20,24-25,44H,2-3,6-12,16,18H2,1H3,(H2,36,41)/b37-28-. The molecule has 0 spiro atoms. The zero-order chi connectivity index (χ0) is 32.0. The second-order valence-corrected chi connectivity index (χ2v) is 13.2. The summed E-state index contributed by atoms with van der Waals surface area (Å²) in [5, 5.41) is 15.3. The fourth-order valence-corrected chi connectivity index (χ4v) is 7.05. The molecule has 0 aromatic heterocycles. The molecule has 0 radical (unpaired) electrons. The van der Waals surface area contributed by atoms with Gasteiger partial charge in [-0.3, -0.25) is 14.4 Å². The Morgan fingerprint density at radius 3 is 2.32 bits per heavy atom. The van der Waals surface area contributed by atoms with Crippen molar-refractivity contribution in [3.05, 3.63) is 67.6 Å². The maximum absolute atomic E-state index is 13.2. The van der Waals surface area contributed by atoms with Crippen LogP contribution in [0.15, 0.2) is 41.6 Å². The SMILES string of the molecule is CN(C/C(=N/O)C(CCN1CCC(N2CCCC(CC(N)=O)C2=O)CC1)c1ccc(Cl)c(Cl)c1)C(=O)c1cc(Cl)cc(Cl)c1. The third-order valence-electron chi connectivity index (χ3n) is 8.50. The maximum Gasteiger partial charge on any atom is 0.254 e. The minimum atomic E-state index is -0.438. The third-order valence-corrected chi connectivity index (χ3v) is 9.67. The van der Waals surface area contributed by atoms with Gasteiger partial charge in [0.1, 0.15) is 0 Å². The summed E-state index contributed by atoms with van der Waals surface area (Å²) in [5.74, 6) is -1.40. The van der Waals surface area contributed by atoms with Crippen molar-refractivity contribution in [2.24, 2.45) is 16.8 Å². The van der Waals surface area contributed by atoms with Crippen LogP contribution in [0, 0.1) is 5.92 Å². The predicted molar refractivity (Wildman–Crippen MR) is 174 cm³/mol. The Balaban J connectivity index is 1.43. The van der Waals surface area contributed by atoms with Gasteiger partial charge in [-0.25, -0.2) is 0 Å². The molecule has 44 heavy (non-hydrogen) atoms. The van der Waals surface area contributed by atoms with Gasteiger partial charge in [-0.2, -0.15) is 0 Å². The van der Waals surface area contributed by atoms with Crippen molar-refractivity contribution in [2.75, 3.05) is 39.8 Å². The Labute approximate surface area is 277 Å². The average Bonchev–Trinajstić information content (AvgIpc) is 2.98. The van der Waals surface area contributed by atoms with Gasteiger partial charge >= 0.3 is 0 Å². The Morgan fingerprint density at radius 2 is 1.70 bits per heavy atom. The van der Waals surface area contributed by atoms with Gasteiger partial charge in [-0.05, 0) is 74.5 Å². The summed E-state index contributed by atoms with van der Waals surface area (Å²) >= 11 is 24.8. The fourth-order valence-electron chi connectivity index (χ4n) is 6.22. The number of nitrogens with zero attached hydrogens (tertiary/aromatic N) is 4. The van der Waals surface area contributed by atoms with E-state index in [1.54, 1.807) is 25.2 Å². The van der Waals surface area contributed by atoms with Crippen LogP contribution in [-0.4, -0.2) is 89.2 Å². The van der Waals surface area contributed by atoms with E-state index in [4.69, 9.17) is 52.1 Å². The zero-order valence-corrected chi connectivity index (χ0v) is 27.5. The predicted octanol–water partition coefficient (Wildman–Crippen LogP) is 5.95. The van der Waals surface area contributed by atoms with Gasteiger partial charge < -0.3 is 25.6 Å². The molecular formula is C31H37Cl4N5O4. The van der Waals surface area contributed by atoms with Crippen LogP contribution in [0.3, 0.4) is 0 Å². The number of carbonyl (C=O) groups is 3. The largest absolute Gasteiger partial charge is 0.411 e. The van der Waals surface area contributed by atoms with Gasteiger partial charge in [0.2, 0.25) is 11.8 Å². The number of hydrogen-bond donors (Lipinski definition) is 2. The molecule has 2 aromatic rings. The number of oxime groups is 1. The molecule has 2 aliphatic heterocycles. The van der Waals surface area contributed by atoms with Crippen molar-refractivity contribution in [2.45, 2.75) is 50.5 Å². The van der Waals surface area contributed by atoms with Gasteiger partial charge in [-0.1, -0.05) is 57.6 Å². The Bertz CT molecular complexity index is 1380. The Kier molecular flexibility index (Phi) is 12.2. The van der Waals surface area contributed by atoms with Crippen molar-refractivity contribution < 1.29 is 19.6 Å². The molecule has 9 nitrogen and oxygen atoms in total. The van der Waals surface area contributed by atoms with Crippen LogP contribution in [0.1, 0.15) is 60.4 Å². The Hall–Kier alpha value is -2.56. The molecule has 0 aliphatic carbocycles. The minimum absolute atomic E-state index is 0.0377. The second-order valence-electron chi connectivity index (χ2n) is 11.5. The summed E-state index contributed by atoms with van der Waals surface area (Å²) in [5.41, 5.74) is 6.90. The molecule has 238 valence electrons. The van der Waals surface area contributed by atoms with Gasteiger partial charge in [0.05, 0.1) is 22.3 Å². The first-order valence-corrected chi connectivity index (χ1v) is 16.2. The highest BCUT2D eigenvalue weighted by molar-refractivity contribution is 6.42. The zero-order valence-electron chi connectivity index (χ0n) is 24.5. The van der Waals surface area contributed by atoms with Crippen LogP contribution in [0.25, 0.3) is 0 Å². The van der Waals surface area contributed by atoms with E-state index in [2.05, 4.69) is 10.1 Å². The van der Waals surface area contributed by atoms with E-state index in [1.807, 2.05) is 11.0 Å². The molecule has 2 aliphatic rings. The number of amides is 3. The van der Waals surface area contributed by atoms with Crippen LogP contribution in [0.2, 0.25) is 20.1 Å². The summed E-state index contributed by atoms with van der Waals surface area (Å²) in [6.45, 7) is 3.04. The molecule has 2 unspecified atom stereocenters. The van der Waals surface area contributed by atoms with Crippen molar-refractivity contribution in [1.29, 1.82) is 0 Å². The number of rotatable bonds is 11. The lowest BCUT2D eigenvalue weighted by Crippen LogP contribution is -2.52. The molecule has 0 saturated carbocycles. The number of halogens is 4. The average molecular weight is 685 g/mol. The molecule has 2 fully saturated rings. The molecular weight excluding hydrogens is 648 g/mol. The van der Waals surface area contributed by atoms with Crippen molar-refractivity contribution in [1.82, 2.24) is 14.7 Å². The number of nitrogens with two attached hydrogens (primary N) is 1. The molecule has 2 aromatic carbocycles. The second kappa shape index (κ2) is 15.6. The molecule has 2 heterocycles. The third kappa shape index (κ3) is 8.79. The van der Waals surface area contributed by atoms with Gasteiger partial charge in [0, 0.05) is 66.6 Å². The van der Waals surface area contributed by atoms with E-state index in [0.29, 0.717) is 57.3 Å². The van der Waals surface area contributed by atoms with E-state index in [1.165, 1.54) is 17.0 Å².